The van der Waals surface area contributed by atoms with Crippen LogP contribution >= 0.6 is 58.0 Å². The van der Waals surface area contributed by atoms with Gasteiger partial charge in [-0.05, 0) is 48.9 Å². The summed E-state index contributed by atoms with van der Waals surface area (Å²) in [6.07, 6.45) is 0. The van der Waals surface area contributed by atoms with Gasteiger partial charge in [0.25, 0.3) is 0 Å². The third-order valence-corrected chi connectivity index (χ3v) is 5.89. The van der Waals surface area contributed by atoms with Crippen molar-refractivity contribution in [2.24, 2.45) is 0 Å². The maximum Gasteiger partial charge on any atom is 0.163 e. The molecule has 3 nitrogen and oxygen atoms in total. The summed E-state index contributed by atoms with van der Waals surface area (Å²) in [6.45, 7) is 3.12. The summed E-state index contributed by atoms with van der Waals surface area (Å²) in [6, 6.07) is 14.2. The molecule has 0 radical (unpaired) electrons. The number of hydrogen-bond donors (Lipinski definition) is 1. The number of anilines is 1. The SMILES string of the molecule is CCOc1cc(CNc2ccc(Cl)c(Cl)c2)c(Cl)cc1OCc1ccc(Cl)cc1Cl. The van der Waals surface area contributed by atoms with Crippen LogP contribution in [0.2, 0.25) is 25.1 Å². The van der Waals surface area contributed by atoms with Gasteiger partial charge in [-0.1, -0.05) is 64.1 Å². The molecule has 0 aliphatic rings. The molecular formula is C22H18Cl5NO2. The standard InChI is InChI=1S/C22H18Cl5NO2/c1-2-29-21-7-14(11-28-16-5-6-17(24)20(27)9-16)19(26)10-22(21)30-12-13-3-4-15(23)8-18(13)25/h3-10,28H,2,11-12H2,1H3. The highest BCUT2D eigenvalue weighted by atomic mass is 35.5. The molecule has 0 aliphatic heterocycles. The second-order valence-corrected chi connectivity index (χ2v) is 8.40. The minimum atomic E-state index is 0.257. The molecule has 30 heavy (non-hydrogen) atoms. The van der Waals surface area contributed by atoms with Crippen LogP contribution in [0.25, 0.3) is 0 Å². The van der Waals surface area contributed by atoms with E-state index in [1.165, 1.54) is 0 Å². The topological polar surface area (TPSA) is 30.5 Å². The van der Waals surface area contributed by atoms with E-state index in [1.54, 1.807) is 30.3 Å². The summed E-state index contributed by atoms with van der Waals surface area (Å²) in [5.41, 5.74) is 2.49. The first kappa shape index (κ1) is 23.2. The molecule has 3 aromatic carbocycles. The van der Waals surface area contributed by atoms with Crippen LogP contribution in [0, 0.1) is 0 Å². The largest absolute Gasteiger partial charge is 0.490 e. The van der Waals surface area contributed by atoms with Gasteiger partial charge in [0, 0.05) is 38.9 Å². The monoisotopic (exact) mass is 503 g/mol. The van der Waals surface area contributed by atoms with Gasteiger partial charge in [-0.25, -0.2) is 0 Å². The van der Waals surface area contributed by atoms with Crippen LogP contribution in [0.4, 0.5) is 5.69 Å². The Morgan fingerprint density at radius 2 is 1.43 bits per heavy atom. The average Bonchev–Trinajstić information content (AvgIpc) is 2.70. The highest BCUT2D eigenvalue weighted by Crippen LogP contribution is 2.35. The summed E-state index contributed by atoms with van der Waals surface area (Å²) in [4.78, 5) is 0. The molecule has 0 aliphatic carbocycles. The van der Waals surface area contributed by atoms with Crippen molar-refractivity contribution in [3.63, 3.8) is 0 Å². The van der Waals surface area contributed by atoms with Crippen molar-refractivity contribution in [3.8, 4) is 11.5 Å². The molecule has 3 aromatic rings. The second kappa shape index (κ2) is 10.7. The Morgan fingerprint density at radius 1 is 0.700 bits per heavy atom. The number of hydrogen-bond acceptors (Lipinski definition) is 3. The van der Waals surface area contributed by atoms with E-state index in [0.717, 1.165) is 16.8 Å². The van der Waals surface area contributed by atoms with Crippen LogP contribution in [0.5, 0.6) is 11.5 Å². The Kier molecular flexibility index (Phi) is 8.27. The zero-order valence-electron chi connectivity index (χ0n) is 15.9. The van der Waals surface area contributed by atoms with E-state index in [1.807, 2.05) is 25.1 Å². The van der Waals surface area contributed by atoms with E-state index in [0.29, 0.717) is 49.8 Å². The van der Waals surface area contributed by atoms with Crippen LogP contribution in [0.3, 0.4) is 0 Å². The minimum absolute atomic E-state index is 0.257. The van der Waals surface area contributed by atoms with Crippen molar-refractivity contribution in [2.45, 2.75) is 20.1 Å². The number of ether oxygens (including phenoxy) is 2. The summed E-state index contributed by atoms with van der Waals surface area (Å²) in [5.74, 6) is 1.13. The first-order valence-electron chi connectivity index (χ1n) is 9.08. The molecule has 0 heterocycles. The maximum atomic E-state index is 6.49. The molecule has 0 bridgehead atoms. The van der Waals surface area contributed by atoms with Crippen molar-refractivity contribution >= 4 is 63.7 Å². The number of rotatable bonds is 8. The second-order valence-electron chi connectivity index (χ2n) is 6.33. The Bertz CT molecular complexity index is 1040. The Morgan fingerprint density at radius 3 is 2.13 bits per heavy atom. The van der Waals surface area contributed by atoms with Gasteiger partial charge < -0.3 is 14.8 Å². The number of benzene rings is 3. The molecule has 0 saturated carbocycles. The van der Waals surface area contributed by atoms with Crippen molar-refractivity contribution in [2.75, 3.05) is 11.9 Å². The predicted octanol–water partition coefficient (Wildman–Crippen LogP) is 8.54. The number of halogens is 5. The van der Waals surface area contributed by atoms with Crippen LogP contribution < -0.4 is 14.8 Å². The van der Waals surface area contributed by atoms with Gasteiger partial charge >= 0.3 is 0 Å². The van der Waals surface area contributed by atoms with Crippen LogP contribution in [-0.2, 0) is 13.2 Å². The van der Waals surface area contributed by atoms with Crippen molar-refractivity contribution in [1.82, 2.24) is 0 Å². The van der Waals surface area contributed by atoms with Gasteiger partial charge in [0.1, 0.15) is 6.61 Å². The Hall–Kier alpha value is -1.49. The first-order valence-corrected chi connectivity index (χ1v) is 11.0. The maximum absolute atomic E-state index is 6.49. The fourth-order valence-corrected chi connectivity index (χ4v) is 3.67. The van der Waals surface area contributed by atoms with Gasteiger partial charge in [-0.15, -0.1) is 0 Å². The molecule has 0 amide bonds. The molecule has 3 rings (SSSR count). The fourth-order valence-electron chi connectivity index (χ4n) is 2.69. The van der Waals surface area contributed by atoms with Crippen LogP contribution in [0.15, 0.2) is 48.5 Å². The zero-order valence-corrected chi connectivity index (χ0v) is 19.7. The molecule has 1 N–H and O–H groups in total. The molecular weight excluding hydrogens is 488 g/mol. The first-order chi connectivity index (χ1) is 14.4. The van der Waals surface area contributed by atoms with Gasteiger partial charge in [-0.2, -0.15) is 0 Å². The lowest BCUT2D eigenvalue weighted by molar-refractivity contribution is 0.269. The smallest absolute Gasteiger partial charge is 0.163 e. The van der Waals surface area contributed by atoms with E-state index >= 15 is 0 Å². The van der Waals surface area contributed by atoms with Crippen molar-refractivity contribution in [3.05, 3.63) is 84.8 Å². The van der Waals surface area contributed by atoms with Gasteiger partial charge in [0.05, 0.1) is 16.7 Å². The van der Waals surface area contributed by atoms with E-state index in [-0.39, 0.29) is 6.61 Å². The molecule has 0 saturated heterocycles. The average molecular weight is 506 g/mol. The third kappa shape index (κ3) is 6.03. The summed E-state index contributed by atoms with van der Waals surface area (Å²) in [7, 11) is 0. The highest BCUT2D eigenvalue weighted by molar-refractivity contribution is 6.42. The quantitative estimate of drug-likeness (QED) is 0.333. The predicted molar refractivity (Wildman–Crippen MR) is 127 cm³/mol. The Balaban J connectivity index is 1.76. The molecule has 8 heteroatoms. The van der Waals surface area contributed by atoms with Crippen LogP contribution in [0.1, 0.15) is 18.1 Å². The molecule has 0 fully saturated rings. The third-order valence-electron chi connectivity index (χ3n) is 4.21. The summed E-state index contributed by atoms with van der Waals surface area (Å²) in [5, 5.41) is 5.91. The zero-order chi connectivity index (χ0) is 21.7. The van der Waals surface area contributed by atoms with E-state index in [9.17, 15) is 0 Å². The molecule has 158 valence electrons. The highest BCUT2D eigenvalue weighted by Gasteiger charge is 2.13. The molecule has 0 aromatic heterocycles. The van der Waals surface area contributed by atoms with Gasteiger partial charge in [0.15, 0.2) is 11.5 Å². The van der Waals surface area contributed by atoms with Crippen molar-refractivity contribution < 1.29 is 9.47 Å². The van der Waals surface area contributed by atoms with Crippen molar-refractivity contribution in [1.29, 1.82) is 0 Å². The fraction of sp³-hybridized carbons (Fsp3) is 0.182. The Labute approximate surface area is 200 Å². The molecule has 0 unspecified atom stereocenters. The lowest BCUT2D eigenvalue weighted by atomic mass is 10.2. The lowest BCUT2D eigenvalue weighted by Crippen LogP contribution is -2.04. The van der Waals surface area contributed by atoms with E-state index in [4.69, 9.17) is 67.5 Å². The van der Waals surface area contributed by atoms with Gasteiger partial charge in [-0.3, -0.25) is 0 Å². The van der Waals surface area contributed by atoms with Crippen LogP contribution in [-0.4, -0.2) is 6.61 Å². The molecule has 0 spiro atoms. The van der Waals surface area contributed by atoms with Gasteiger partial charge in [0.2, 0.25) is 0 Å². The molecule has 0 atom stereocenters. The normalized spacial score (nSPS) is 10.7. The van der Waals surface area contributed by atoms with E-state index < -0.39 is 0 Å². The minimum Gasteiger partial charge on any atom is -0.490 e. The summed E-state index contributed by atoms with van der Waals surface area (Å²) < 4.78 is 11.7. The van der Waals surface area contributed by atoms with E-state index in [2.05, 4.69) is 5.32 Å². The lowest BCUT2D eigenvalue weighted by Gasteiger charge is -2.16. The summed E-state index contributed by atoms with van der Waals surface area (Å²) >= 11 is 30.7. The number of nitrogens with one attached hydrogen (secondary N) is 1.